The molecule has 2 atom stereocenters. The van der Waals surface area contributed by atoms with Crippen molar-refractivity contribution in [1.29, 1.82) is 0 Å². The fourth-order valence-corrected chi connectivity index (χ4v) is 7.11. The molecule has 10 nitrogen and oxygen atoms in total. The summed E-state index contributed by atoms with van der Waals surface area (Å²) in [5.41, 5.74) is -1.00. The standard InChI is InChI=1S/C23H33N3O7S/c1-31-13-12-26-20-7-9-25(21(27)17-33-19-5-3-2-4-6-19)18-23(20,8-16-34(26,29)30)22(28)24-10-14-32-15-11-24/h2-6,20H,7-18H2,1H3/t20-,23+/m1/s1. The van der Waals surface area contributed by atoms with Crippen molar-refractivity contribution in [3.8, 4) is 5.75 Å². The van der Waals surface area contributed by atoms with Gasteiger partial charge in [-0.2, -0.15) is 4.31 Å². The van der Waals surface area contributed by atoms with Crippen molar-refractivity contribution in [2.24, 2.45) is 5.41 Å². The Labute approximate surface area is 200 Å². The molecule has 3 aliphatic rings. The van der Waals surface area contributed by atoms with Gasteiger partial charge in [0.25, 0.3) is 5.91 Å². The van der Waals surface area contributed by atoms with Crippen molar-refractivity contribution >= 4 is 21.8 Å². The number of methoxy groups -OCH3 is 1. The number of benzene rings is 1. The maximum absolute atomic E-state index is 13.9. The Morgan fingerprint density at radius 3 is 2.56 bits per heavy atom. The van der Waals surface area contributed by atoms with Crippen LogP contribution in [0.25, 0.3) is 0 Å². The normalized spacial score (nSPS) is 27.1. The van der Waals surface area contributed by atoms with E-state index in [0.717, 1.165) is 0 Å². The van der Waals surface area contributed by atoms with E-state index >= 15 is 0 Å². The molecule has 3 aliphatic heterocycles. The Hall–Kier alpha value is -2.21. The smallest absolute Gasteiger partial charge is 0.260 e. The van der Waals surface area contributed by atoms with Crippen LogP contribution in [0.2, 0.25) is 0 Å². The van der Waals surface area contributed by atoms with E-state index in [4.69, 9.17) is 14.2 Å². The predicted molar refractivity (Wildman–Crippen MR) is 124 cm³/mol. The van der Waals surface area contributed by atoms with Crippen LogP contribution in [0.5, 0.6) is 5.75 Å². The lowest BCUT2D eigenvalue weighted by atomic mass is 9.71. The van der Waals surface area contributed by atoms with Gasteiger partial charge in [0.1, 0.15) is 5.75 Å². The topological polar surface area (TPSA) is 106 Å². The minimum atomic E-state index is -3.52. The molecule has 1 aromatic rings. The van der Waals surface area contributed by atoms with E-state index in [2.05, 4.69) is 0 Å². The lowest BCUT2D eigenvalue weighted by molar-refractivity contribution is -0.159. The van der Waals surface area contributed by atoms with Gasteiger partial charge in [0.15, 0.2) is 6.61 Å². The highest BCUT2D eigenvalue weighted by atomic mass is 32.2. The first-order valence-corrected chi connectivity index (χ1v) is 13.3. The van der Waals surface area contributed by atoms with Crippen LogP contribution in [0.4, 0.5) is 0 Å². The fraction of sp³-hybridized carbons (Fsp3) is 0.652. The summed E-state index contributed by atoms with van der Waals surface area (Å²) in [5, 5.41) is 0. The number of para-hydroxylation sites is 1. The molecular formula is C23H33N3O7S. The summed E-state index contributed by atoms with van der Waals surface area (Å²) in [6.07, 6.45) is 0.569. The number of hydrogen-bond acceptors (Lipinski definition) is 7. The summed E-state index contributed by atoms with van der Waals surface area (Å²) in [5.74, 6) is 0.151. The lowest BCUT2D eigenvalue weighted by Crippen LogP contribution is -2.69. The number of piperidine rings is 1. The maximum Gasteiger partial charge on any atom is 0.260 e. The van der Waals surface area contributed by atoms with Crippen LogP contribution < -0.4 is 4.74 Å². The molecule has 1 aromatic carbocycles. The highest BCUT2D eigenvalue weighted by Crippen LogP contribution is 2.44. The third-order valence-corrected chi connectivity index (χ3v) is 8.86. The predicted octanol–water partition coefficient (Wildman–Crippen LogP) is 0.193. The van der Waals surface area contributed by atoms with Crippen molar-refractivity contribution in [2.45, 2.75) is 18.9 Å². The van der Waals surface area contributed by atoms with Gasteiger partial charge >= 0.3 is 0 Å². The molecule has 188 valence electrons. The molecule has 0 unspecified atom stereocenters. The fourth-order valence-electron chi connectivity index (χ4n) is 5.21. The van der Waals surface area contributed by atoms with Crippen molar-refractivity contribution in [3.05, 3.63) is 30.3 Å². The number of likely N-dealkylation sites (tertiary alicyclic amines) is 1. The van der Waals surface area contributed by atoms with Gasteiger partial charge in [0.2, 0.25) is 15.9 Å². The number of amides is 2. The maximum atomic E-state index is 13.9. The molecule has 2 amide bonds. The molecule has 11 heteroatoms. The summed E-state index contributed by atoms with van der Waals surface area (Å²) >= 11 is 0. The van der Waals surface area contributed by atoms with E-state index in [1.165, 1.54) is 11.4 Å². The number of rotatable bonds is 7. The Bertz CT molecular complexity index is 968. The molecule has 0 radical (unpaired) electrons. The first-order chi connectivity index (χ1) is 16.4. The zero-order valence-corrected chi connectivity index (χ0v) is 20.4. The summed E-state index contributed by atoms with van der Waals surface area (Å²) in [7, 11) is -2.00. The largest absolute Gasteiger partial charge is 0.484 e. The number of carbonyl (C=O) groups excluding carboxylic acids is 2. The number of hydrogen-bond donors (Lipinski definition) is 0. The first kappa shape index (κ1) is 24.9. The van der Waals surface area contributed by atoms with Crippen LogP contribution in [0.3, 0.4) is 0 Å². The molecular weight excluding hydrogens is 462 g/mol. The Balaban J connectivity index is 1.58. The second kappa shape index (κ2) is 10.6. The van der Waals surface area contributed by atoms with Crippen LogP contribution in [-0.4, -0.2) is 112 Å². The van der Waals surface area contributed by atoms with Crippen molar-refractivity contribution in [3.63, 3.8) is 0 Å². The molecule has 0 saturated carbocycles. The Morgan fingerprint density at radius 1 is 1.12 bits per heavy atom. The third kappa shape index (κ3) is 5.07. The highest BCUT2D eigenvalue weighted by Gasteiger charge is 2.58. The van der Waals surface area contributed by atoms with Crippen LogP contribution in [-0.2, 0) is 29.1 Å². The minimum Gasteiger partial charge on any atom is -0.484 e. The van der Waals surface area contributed by atoms with E-state index in [9.17, 15) is 18.0 Å². The summed E-state index contributed by atoms with van der Waals surface area (Å²) in [4.78, 5) is 30.4. The van der Waals surface area contributed by atoms with Gasteiger partial charge < -0.3 is 24.0 Å². The van der Waals surface area contributed by atoms with Crippen molar-refractivity contribution in [1.82, 2.24) is 14.1 Å². The number of morpholine rings is 1. The van der Waals surface area contributed by atoms with E-state index < -0.39 is 21.5 Å². The second-order valence-electron chi connectivity index (χ2n) is 8.95. The molecule has 3 saturated heterocycles. The average Bonchev–Trinajstić information content (AvgIpc) is 2.87. The minimum absolute atomic E-state index is 0.0976. The molecule has 34 heavy (non-hydrogen) atoms. The van der Waals surface area contributed by atoms with E-state index in [0.29, 0.717) is 45.0 Å². The number of carbonyl (C=O) groups is 2. The van der Waals surface area contributed by atoms with Gasteiger partial charge in [-0.05, 0) is 25.0 Å². The van der Waals surface area contributed by atoms with Crippen molar-refractivity contribution < 1.29 is 32.2 Å². The first-order valence-electron chi connectivity index (χ1n) is 11.7. The molecule has 0 aromatic heterocycles. The molecule has 0 N–H and O–H groups in total. The highest BCUT2D eigenvalue weighted by molar-refractivity contribution is 7.89. The van der Waals surface area contributed by atoms with E-state index in [-0.39, 0.29) is 50.3 Å². The van der Waals surface area contributed by atoms with Gasteiger partial charge in [-0.3, -0.25) is 9.59 Å². The molecule has 0 bridgehead atoms. The number of ether oxygens (including phenoxy) is 3. The van der Waals surface area contributed by atoms with Gasteiger partial charge in [0, 0.05) is 45.9 Å². The summed E-state index contributed by atoms with van der Waals surface area (Å²) in [6, 6.07) is 8.57. The average molecular weight is 496 g/mol. The molecule has 3 fully saturated rings. The quantitative estimate of drug-likeness (QED) is 0.532. The number of fused-ring (bicyclic) bond motifs is 1. The lowest BCUT2D eigenvalue weighted by Gasteiger charge is -2.54. The van der Waals surface area contributed by atoms with E-state index in [1.54, 1.807) is 21.9 Å². The Morgan fingerprint density at radius 2 is 1.85 bits per heavy atom. The Kier molecular flexibility index (Phi) is 7.76. The summed E-state index contributed by atoms with van der Waals surface area (Å²) < 4.78 is 43.6. The third-order valence-electron chi connectivity index (χ3n) is 6.99. The number of sulfonamides is 1. The molecule has 3 heterocycles. The van der Waals surface area contributed by atoms with E-state index in [1.807, 2.05) is 18.2 Å². The van der Waals surface area contributed by atoms with Crippen molar-refractivity contribution in [2.75, 3.05) is 72.0 Å². The van der Waals surface area contributed by atoms with Crippen LogP contribution in [0.1, 0.15) is 12.8 Å². The monoisotopic (exact) mass is 495 g/mol. The second-order valence-corrected chi connectivity index (χ2v) is 11.0. The molecule has 0 aliphatic carbocycles. The SMILES string of the molecule is COCCN1[C@@H]2CCN(C(=O)COc3ccccc3)C[C@@]2(C(=O)N2CCOCC2)CCS1(=O)=O. The van der Waals surface area contributed by atoms with Gasteiger partial charge in [-0.15, -0.1) is 0 Å². The zero-order valence-electron chi connectivity index (χ0n) is 19.6. The molecule has 0 spiro atoms. The van der Waals surface area contributed by atoms with Crippen LogP contribution in [0, 0.1) is 5.41 Å². The van der Waals surface area contributed by atoms with Crippen LogP contribution >= 0.6 is 0 Å². The van der Waals surface area contributed by atoms with Gasteiger partial charge in [-0.1, -0.05) is 18.2 Å². The van der Waals surface area contributed by atoms with Crippen LogP contribution in [0.15, 0.2) is 30.3 Å². The zero-order chi connectivity index (χ0) is 24.2. The van der Waals surface area contributed by atoms with Gasteiger partial charge in [0.05, 0.1) is 31.0 Å². The molecule has 4 rings (SSSR count). The van der Waals surface area contributed by atoms with Gasteiger partial charge in [-0.25, -0.2) is 8.42 Å². The summed E-state index contributed by atoms with van der Waals surface area (Å²) in [6.45, 7) is 2.65. The number of nitrogens with zero attached hydrogens (tertiary/aromatic N) is 3.